The second-order valence-electron chi connectivity index (χ2n) is 6.15. The summed E-state index contributed by atoms with van der Waals surface area (Å²) >= 11 is 1.64. The standard InChI is InChI=1S/C17H26N2O3S/c1-12-18-13(11-23-12)7-6-10-16(20)19-15-9-5-3-4-8-14(15)17(21)22-2/h11,14-15H,3-10H2,1-2H3,(H,19,20)/t14-,15+/m1/s1. The van der Waals surface area contributed by atoms with Crippen molar-refractivity contribution in [2.75, 3.05) is 7.11 Å². The van der Waals surface area contributed by atoms with Crippen molar-refractivity contribution in [2.45, 2.75) is 64.3 Å². The summed E-state index contributed by atoms with van der Waals surface area (Å²) in [6.07, 6.45) is 6.93. The van der Waals surface area contributed by atoms with Gasteiger partial charge >= 0.3 is 5.97 Å². The molecule has 0 unspecified atom stereocenters. The molecule has 0 radical (unpaired) electrons. The van der Waals surface area contributed by atoms with Crippen LogP contribution in [-0.4, -0.2) is 30.0 Å². The lowest BCUT2D eigenvalue weighted by molar-refractivity contribution is -0.147. The maximum Gasteiger partial charge on any atom is 0.310 e. The van der Waals surface area contributed by atoms with E-state index < -0.39 is 0 Å². The van der Waals surface area contributed by atoms with Gasteiger partial charge in [-0.15, -0.1) is 11.3 Å². The Hall–Kier alpha value is -1.43. The van der Waals surface area contributed by atoms with Gasteiger partial charge < -0.3 is 10.1 Å². The Balaban J connectivity index is 1.80. The summed E-state index contributed by atoms with van der Waals surface area (Å²) in [7, 11) is 1.42. The number of aromatic nitrogens is 1. The normalized spacial score (nSPS) is 21.5. The minimum atomic E-state index is -0.201. The van der Waals surface area contributed by atoms with E-state index in [-0.39, 0.29) is 23.8 Å². The minimum absolute atomic E-state index is 0.0257. The lowest BCUT2D eigenvalue weighted by Crippen LogP contribution is -2.43. The van der Waals surface area contributed by atoms with Crippen LogP contribution in [0, 0.1) is 12.8 Å². The third kappa shape index (κ3) is 5.61. The quantitative estimate of drug-likeness (QED) is 0.639. The van der Waals surface area contributed by atoms with Crippen molar-refractivity contribution in [1.82, 2.24) is 10.3 Å². The molecule has 1 heterocycles. The van der Waals surface area contributed by atoms with Gasteiger partial charge in [0, 0.05) is 17.8 Å². The lowest BCUT2D eigenvalue weighted by Gasteiger charge is -2.24. The predicted molar refractivity (Wildman–Crippen MR) is 90.3 cm³/mol. The van der Waals surface area contributed by atoms with Gasteiger partial charge in [0.15, 0.2) is 0 Å². The van der Waals surface area contributed by atoms with Crippen LogP contribution in [0.25, 0.3) is 0 Å². The number of ether oxygens (including phenoxy) is 1. The van der Waals surface area contributed by atoms with Gasteiger partial charge in [-0.25, -0.2) is 4.98 Å². The van der Waals surface area contributed by atoms with Crippen LogP contribution in [0.15, 0.2) is 5.38 Å². The number of amides is 1. The Bertz CT molecular complexity index is 530. The van der Waals surface area contributed by atoms with E-state index in [1.807, 2.05) is 12.3 Å². The van der Waals surface area contributed by atoms with E-state index >= 15 is 0 Å². The molecule has 0 aromatic carbocycles. The fourth-order valence-electron chi connectivity index (χ4n) is 3.15. The number of aryl methyl sites for hydroxylation is 2. The Morgan fingerprint density at radius 3 is 2.83 bits per heavy atom. The van der Waals surface area contributed by atoms with Gasteiger partial charge in [0.2, 0.25) is 5.91 Å². The molecule has 0 saturated heterocycles. The molecule has 2 rings (SSSR count). The lowest BCUT2D eigenvalue weighted by atomic mass is 9.94. The fourth-order valence-corrected chi connectivity index (χ4v) is 3.79. The highest BCUT2D eigenvalue weighted by Crippen LogP contribution is 2.24. The highest BCUT2D eigenvalue weighted by Gasteiger charge is 2.31. The highest BCUT2D eigenvalue weighted by atomic mass is 32.1. The van der Waals surface area contributed by atoms with Crippen LogP contribution < -0.4 is 5.32 Å². The summed E-state index contributed by atoms with van der Waals surface area (Å²) in [5.74, 6) is -0.374. The molecule has 0 aliphatic heterocycles. The number of carbonyl (C=O) groups is 2. The van der Waals surface area contributed by atoms with Gasteiger partial charge in [0.1, 0.15) is 0 Å². The maximum absolute atomic E-state index is 12.2. The molecule has 0 bridgehead atoms. The van der Waals surface area contributed by atoms with E-state index in [0.717, 1.165) is 55.6 Å². The molecule has 5 nitrogen and oxygen atoms in total. The fraction of sp³-hybridized carbons (Fsp3) is 0.706. The number of hydrogen-bond acceptors (Lipinski definition) is 5. The Morgan fingerprint density at radius 1 is 1.35 bits per heavy atom. The average molecular weight is 338 g/mol. The van der Waals surface area contributed by atoms with E-state index in [1.165, 1.54) is 7.11 Å². The average Bonchev–Trinajstić information content (AvgIpc) is 2.81. The number of methoxy groups -OCH3 is 1. The van der Waals surface area contributed by atoms with Crippen LogP contribution in [-0.2, 0) is 20.7 Å². The van der Waals surface area contributed by atoms with Crippen LogP contribution in [0.2, 0.25) is 0 Å². The van der Waals surface area contributed by atoms with Crippen LogP contribution >= 0.6 is 11.3 Å². The van der Waals surface area contributed by atoms with Crippen LogP contribution in [0.4, 0.5) is 0 Å². The number of thiazole rings is 1. The molecule has 1 fully saturated rings. The largest absolute Gasteiger partial charge is 0.469 e. The number of esters is 1. The van der Waals surface area contributed by atoms with E-state index in [9.17, 15) is 9.59 Å². The number of carbonyl (C=O) groups excluding carboxylic acids is 2. The Kier molecular flexibility index (Phi) is 7.02. The van der Waals surface area contributed by atoms with Gasteiger partial charge in [-0.05, 0) is 32.6 Å². The zero-order valence-corrected chi connectivity index (χ0v) is 14.8. The molecule has 1 aliphatic rings. The molecule has 6 heteroatoms. The summed E-state index contributed by atoms with van der Waals surface area (Å²) in [6.45, 7) is 1.99. The van der Waals surface area contributed by atoms with E-state index in [2.05, 4.69) is 10.3 Å². The molecule has 1 N–H and O–H groups in total. The van der Waals surface area contributed by atoms with Crippen molar-refractivity contribution in [3.8, 4) is 0 Å². The van der Waals surface area contributed by atoms with E-state index in [0.29, 0.717) is 6.42 Å². The second-order valence-corrected chi connectivity index (χ2v) is 7.22. The van der Waals surface area contributed by atoms with Crippen molar-refractivity contribution in [1.29, 1.82) is 0 Å². The van der Waals surface area contributed by atoms with Gasteiger partial charge in [-0.1, -0.05) is 19.3 Å². The second kappa shape index (κ2) is 9.01. The molecule has 1 saturated carbocycles. The van der Waals surface area contributed by atoms with Crippen LogP contribution in [0.3, 0.4) is 0 Å². The summed E-state index contributed by atoms with van der Waals surface area (Å²) in [4.78, 5) is 28.5. The summed E-state index contributed by atoms with van der Waals surface area (Å²) in [5, 5.41) is 6.16. The molecule has 2 atom stereocenters. The molecular formula is C17H26N2O3S. The smallest absolute Gasteiger partial charge is 0.310 e. The first-order chi connectivity index (χ1) is 11.1. The van der Waals surface area contributed by atoms with Crippen molar-refractivity contribution in [3.05, 3.63) is 16.1 Å². The maximum atomic E-state index is 12.2. The minimum Gasteiger partial charge on any atom is -0.469 e. The molecule has 0 spiro atoms. The molecule has 1 aromatic heterocycles. The summed E-state index contributed by atoms with van der Waals surface area (Å²) in [5.41, 5.74) is 1.06. The van der Waals surface area contributed by atoms with Crippen molar-refractivity contribution >= 4 is 23.2 Å². The number of rotatable bonds is 6. The van der Waals surface area contributed by atoms with Gasteiger partial charge in [0.25, 0.3) is 0 Å². The predicted octanol–water partition coefficient (Wildman–Crippen LogP) is 3.01. The van der Waals surface area contributed by atoms with Crippen LogP contribution in [0.5, 0.6) is 0 Å². The van der Waals surface area contributed by atoms with Crippen molar-refractivity contribution < 1.29 is 14.3 Å². The van der Waals surface area contributed by atoms with Gasteiger partial charge in [0.05, 0.1) is 23.7 Å². The molecular weight excluding hydrogens is 312 g/mol. The zero-order chi connectivity index (χ0) is 16.7. The molecule has 1 aliphatic carbocycles. The zero-order valence-electron chi connectivity index (χ0n) is 14.0. The monoisotopic (exact) mass is 338 g/mol. The third-order valence-corrected chi connectivity index (χ3v) is 5.19. The topological polar surface area (TPSA) is 68.3 Å². The molecule has 1 amide bonds. The molecule has 23 heavy (non-hydrogen) atoms. The van der Waals surface area contributed by atoms with Crippen LogP contribution in [0.1, 0.15) is 55.6 Å². The summed E-state index contributed by atoms with van der Waals surface area (Å²) in [6, 6.07) is -0.0843. The first-order valence-corrected chi connectivity index (χ1v) is 9.26. The van der Waals surface area contributed by atoms with E-state index in [1.54, 1.807) is 11.3 Å². The Morgan fingerprint density at radius 2 is 2.13 bits per heavy atom. The third-order valence-electron chi connectivity index (χ3n) is 4.37. The Labute approximate surface area is 141 Å². The van der Waals surface area contributed by atoms with Gasteiger partial charge in [-0.3, -0.25) is 9.59 Å². The number of hydrogen-bond donors (Lipinski definition) is 1. The van der Waals surface area contributed by atoms with Crippen molar-refractivity contribution in [2.24, 2.45) is 5.92 Å². The first kappa shape index (κ1) is 17.9. The molecule has 1 aromatic rings. The van der Waals surface area contributed by atoms with Crippen molar-refractivity contribution in [3.63, 3.8) is 0 Å². The number of nitrogens with zero attached hydrogens (tertiary/aromatic N) is 1. The van der Waals surface area contributed by atoms with Gasteiger partial charge in [-0.2, -0.15) is 0 Å². The number of nitrogens with one attached hydrogen (secondary N) is 1. The SMILES string of the molecule is COC(=O)[C@@H]1CCCCC[C@@H]1NC(=O)CCCc1csc(C)n1. The molecule has 128 valence electrons. The van der Waals surface area contributed by atoms with E-state index in [4.69, 9.17) is 4.74 Å². The summed E-state index contributed by atoms with van der Waals surface area (Å²) < 4.78 is 4.90. The first-order valence-electron chi connectivity index (χ1n) is 8.38. The highest BCUT2D eigenvalue weighted by molar-refractivity contribution is 7.09.